The highest BCUT2D eigenvalue weighted by Gasteiger charge is 2.25. The van der Waals surface area contributed by atoms with Gasteiger partial charge in [0.05, 0.1) is 6.10 Å². The average molecular weight is 262 g/mol. The maximum absolute atomic E-state index is 11.9. The van der Waals surface area contributed by atoms with Crippen LogP contribution in [0.25, 0.3) is 10.9 Å². The SMILES string of the molecule is C[C@@H](O)[C@H](NC(=O)c1ccc2cc[nH]c2c1)C(=O)O. The molecular weight excluding hydrogens is 248 g/mol. The number of rotatable bonds is 4. The average Bonchev–Trinajstić information content (AvgIpc) is 2.81. The van der Waals surface area contributed by atoms with E-state index in [1.165, 1.54) is 6.92 Å². The fourth-order valence-electron chi connectivity index (χ4n) is 1.80. The number of H-pyrrole nitrogens is 1. The van der Waals surface area contributed by atoms with E-state index in [0.29, 0.717) is 5.56 Å². The summed E-state index contributed by atoms with van der Waals surface area (Å²) in [6, 6.07) is 5.54. The predicted octanol–water partition coefficient (Wildman–Crippen LogP) is 0.732. The molecule has 2 rings (SSSR count). The summed E-state index contributed by atoms with van der Waals surface area (Å²) in [5.41, 5.74) is 1.12. The number of aliphatic hydroxyl groups is 1. The van der Waals surface area contributed by atoms with Crippen molar-refractivity contribution in [2.45, 2.75) is 19.1 Å². The van der Waals surface area contributed by atoms with Gasteiger partial charge in [-0.15, -0.1) is 0 Å². The van der Waals surface area contributed by atoms with Crippen LogP contribution in [-0.4, -0.2) is 39.2 Å². The summed E-state index contributed by atoms with van der Waals surface area (Å²) in [5.74, 6) is -1.81. The Morgan fingerprint density at radius 3 is 2.68 bits per heavy atom. The van der Waals surface area contributed by atoms with E-state index in [9.17, 15) is 14.7 Å². The van der Waals surface area contributed by atoms with Crippen molar-refractivity contribution >= 4 is 22.8 Å². The topological polar surface area (TPSA) is 102 Å². The van der Waals surface area contributed by atoms with Gasteiger partial charge in [0.1, 0.15) is 0 Å². The first-order chi connectivity index (χ1) is 8.99. The molecule has 0 unspecified atom stereocenters. The number of aliphatic carboxylic acids is 1. The Labute approximate surface area is 109 Å². The lowest BCUT2D eigenvalue weighted by molar-refractivity contribution is -0.141. The van der Waals surface area contributed by atoms with Crippen LogP contribution in [0.4, 0.5) is 0 Å². The summed E-state index contributed by atoms with van der Waals surface area (Å²) < 4.78 is 0. The Kier molecular flexibility index (Phi) is 3.52. The van der Waals surface area contributed by atoms with Gasteiger partial charge in [0.25, 0.3) is 5.91 Å². The van der Waals surface area contributed by atoms with Crippen molar-refractivity contribution < 1.29 is 19.8 Å². The molecule has 0 aliphatic rings. The van der Waals surface area contributed by atoms with Gasteiger partial charge in [-0.05, 0) is 30.5 Å². The molecule has 1 aromatic carbocycles. The van der Waals surface area contributed by atoms with E-state index in [1.54, 1.807) is 24.4 Å². The number of hydrogen-bond donors (Lipinski definition) is 4. The number of hydrogen-bond acceptors (Lipinski definition) is 3. The van der Waals surface area contributed by atoms with Crippen molar-refractivity contribution in [3.05, 3.63) is 36.0 Å². The van der Waals surface area contributed by atoms with Crippen LogP contribution in [0.15, 0.2) is 30.5 Å². The van der Waals surface area contributed by atoms with Crippen molar-refractivity contribution in [1.82, 2.24) is 10.3 Å². The van der Waals surface area contributed by atoms with E-state index in [0.717, 1.165) is 10.9 Å². The zero-order chi connectivity index (χ0) is 14.0. The van der Waals surface area contributed by atoms with E-state index in [4.69, 9.17) is 5.11 Å². The fraction of sp³-hybridized carbons (Fsp3) is 0.231. The number of carboxylic acid groups (broad SMARTS) is 1. The summed E-state index contributed by atoms with van der Waals surface area (Å²) in [6.07, 6.45) is 0.582. The Hall–Kier alpha value is -2.34. The Morgan fingerprint density at radius 2 is 2.05 bits per heavy atom. The van der Waals surface area contributed by atoms with E-state index in [1.807, 2.05) is 6.07 Å². The number of amides is 1. The lowest BCUT2D eigenvalue weighted by Crippen LogP contribution is -2.47. The Bertz CT molecular complexity index is 618. The first kappa shape index (κ1) is 13.1. The zero-order valence-corrected chi connectivity index (χ0v) is 10.3. The maximum atomic E-state index is 11.9. The van der Waals surface area contributed by atoms with E-state index in [-0.39, 0.29) is 0 Å². The molecule has 1 heterocycles. The molecule has 100 valence electrons. The van der Waals surface area contributed by atoms with E-state index in [2.05, 4.69) is 10.3 Å². The maximum Gasteiger partial charge on any atom is 0.328 e. The first-order valence-corrected chi connectivity index (χ1v) is 5.78. The minimum atomic E-state index is -1.33. The second-order valence-corrected chi connectivity index (χ2v) is 4.31. The molecule has 6 heteroatoms. The molecule has 0 saturated heterocycles. The van der Waals surface area contributed by atoms with Gasteiger partial charge in [0.15, 0.2) is 6.04 Å². The minimum Gasteiger partial charge on any atom is -0.480 e. The molecular formula is C13H14N2O4. The third-order valence-corrected chi connectivity index (χ3v) is 2.85. The number of benzene rings is 1. The number of carboxylic acids is 1. The minimum absolute atomic E-state index is 0.335. The van der Waals surface area contributed by atoms with Gasteiger partial charge in [-0.3, -0.25) is 4.79 Å². The summed E-state index contributed by atoms with van der Waals surface area (Å²) in [4.78, 5) is 25.8. The zero-order valence-electron chi connectivity index (χ0n) is 10.3. The van der Waals surface area contributed by atoms with Gasteiger partial charge in [0.2, 0.25) is 0 Å². The van der Waals surface area contributed by atoms with Crippen LogP contribution in [-0.2, 0) is 4.79 Å². The number of carbonyl (C=O) groups is 2. The molecule has 0 fully saturated rings. The second kappa shape index (κ2) is 5.11. The molecule has 4 N–H and O–H groups in total. The van der Waals surface area contributed by atoms with Crippen LogP contribution in [0, 0.1) is 0 Å². The Morgan fingerprint density at radius 1 is 1.32 bits per heavy atom. The van der Waals surface area contributed by atoms with Crippen molar-refractivity contribution in [2.75, 3.05) is 0 Å². The molecule has 2 atom stereocenters. The van der Waals surface area contributed by atoms with Crippen LogP contribution < -0.4 is 5.32 Å². The molecule has 1 amide bonds. The molecule has 1 aromatic heterocycles. The van der Waals surface area contributed by atoms with Crippen molar-refractivity contribution in [2.24, 2.45) is 0 Å². The van der Waals surface area contributed by atoms with Crippen molar-refractivity contribution in [3.63, 3.8) is 0 Å². The number of aliphatic hydroxyl groups excluding tert-OH is 1. The number of carbonyl (C=O) groups excluding carboxylic acids is 1. The number of fused-ring (bicyclic) bond motifs is 1. The van der Waals surface area contributed by atoms with Crippen LogP contribution in [0.1, 0.15) is 17.3 Å². The lowest BCUT2D eigenvalue weighted by atomic mass is 10.1. The van der Waals surface area contributed by atoms with E-state index < -0.39 is 24.0 Å². The fourth-order valence-corrected chi connectivity index (χ4v) is 1.80. The summed E-state index contributed by atoms with van der Waals surface area (Å²) in [7, 11) is 0. The quantitative estimate of drug-likeness (QED) is 0.652. The molecule has 0 aliphatic heterocycles. The van der Waals surface area contributed by atoms with Crippen LogP contribution >= 0.6 is 0 Å². The first-order valence-electron chi connectivity index (χ1n) is 5.78. The van der Waals surface area contributed by atoms with Gasteiger partial charge in [0, 0.05) is 17.3 Å². The normalized spacial score (nSPS) is 14.0. The van der Waals surface area contributed by atoms with Gasteiger partial charge < -0.3 is 20.5 Å². The second-order valence-electron chi connectivity index (χ2n) is 4.31. The highest BCUT2D eigenvalue weighted by atomic mass is 16.4. The van der Waals surface area contributed by atoms with Crippen molar-refractivity contribution in [3.8, 4) is 0 Å². The largest absolute Gasteiger partial charge is 0.480 e. The van der Waals surface area contributed by atoms with Gasteiger partial charge in [-0.25, -0.2) is 4.79 Å². The number of nitrogens with one attached hydrogen (secondary N) is 2. The van der Waals surface area contributed by atoms with E-state index >= 15 is 0 Å². The highest BCUT2D eigenvalue weighted by molar-refractivity contribution is 5.99. The summed E-state index contributed by atoms with van der Waals surface area (Å²) in [6.45, 7) is 1.31. The van der Waals surface area contributed by atoms with Crippen LogP contribution in [0.5, 0.6) is 0 Å². The van der Waals surface area contributed by atoms with Crippen LogP contribution in [0.2, 0.25) is 0 Å². The number of aromatic amines is 1. The monoisotopic (exact) mass is 262 g/mol. The molecule has 6 nitrogen and oxygen atoms in total. The predicted molar refractivity (Wildman–Crippen MR) is 68.9 cm³/mol. The Balaban J connectivity index is 2.21. The lowest BCUT2D eigenvalue weighted by Gasteiger charge is -2.16. The summed E-state index contributed by atoms with van der Waals surface area (Å²) in [5, 5.41) is 21.5. The highest BCUT2D eigenvalue weighted by Crippen LogP contribution is 2.14. The van der Waals surface area contributed by atoms with Gasteiger partial charge >= 0.3 is 5.97 Å². The standard InChI is InChI=1S/C13H14N2O4/c1-7(16)11(13(18)19)15-12(17)9-3-2-8-4-5-14-10(8)6-9/h2-7,11,14,16H,1H3,(H,15,17)(H,18,19)/t7-,11+/m1/s1. The van der Waals surface area contributed by atoms with Gasteiger partial charge in [-0.2, -0.15) is 0 Å². The molecule has 19 heavy (non-hydrogen) atoms. The third kappa shape index (κ3) is 2.74. The molecule has 2 aromatic rings. The van der Waals surface area contributed by atoms with Crippen molar-refractivity contribution in [1.29, 1.82) is 0 Å². The summed E-state index contributed by atoms with van der Waals surface area (Å²) >= 11 is 0. The molecule has 0 saturated carbocycles. The molecule has 0 aliphatic carbocycles. The molecule has 0 spiro atoms. The third-order valence-electron chi connectivity index (χ3n) is 2.85. The van der Waals surface area contributed by atoms with Crippen LogP contribution in [0.3, 0.4) is 0 Å². The van der Waals surface area contributed by atoms with Gasteiger partial charge in [-0.1, -0.05) is 6.07 Å². The number of aromatic nitrogens is 1. The molecule has 0 bridgehead atoms. The molecule has 0 radical (unpaired) electrons. The smallest absolute Gasteiger partial charge is 0.328 e.